The van der Waals surface area contributed by atoms with E-state index in [4.69, 9.17) is 9.62 Å². The Balaban J connectivity index is 1.78. The molecule has 3 rings (SSSR count). The summed E-state index contributed by atoms with van der Waals surface area (Å²) < 4.78 is 33.7. The van der Waals surface area contributed by atoms with Gasteiger partial charge in [-0.25, -0.2) is 9.28 Å². The lowest BCUT2D eigenvalue weighted by molar-refractivity contribution is -0.309. The highest BCUT2D eigenvalue weighted by Gasteiger charge is 2.37. The summed E-state index contributed by atoms with van der Waals surface area (Å²) in [5.74, 6) is -0.930. The zero-order chi connectivity index (χ0) is 16.6. The van der Waals surface area contributed by atoms with Crippen LogP contribution in [0, 0.1) is 30.4 Å². The van der Waals surface area contributed by atoms with Crippen LogP contribution in [0.4, 0.5) is 8.78 Å². The van der Waals surface area contributed by atoms with E-state index in [9.17, 15) is 14.0 Å². The van der Waals surface area contributed by atoms with E-state index in [0.717, 1.165) is 25.7 Å². The molecule has 128 valence electrons. The molecule has 1 saturated carbocycles. The summed E-state index contributed by atoms with van der Waals surface area (Å²) in [4.78, 5) is 4.73. The van der Waals surface area contributed by atoms with Crippen LogP contribution in [0.1, 0.15) is 50.2 Å². The van der Waals surface area contributed by atoms with Crippen LogP contribution in [0.15, 0.2) is 6.07 Å². The zero-order valence-electron chi connectivity index (χ0n) is 13.6. The molecule has 23 heavy (non-hydrogen) atoms. The maximum atomic E-state index is 14.2. The van der Waals surface area contributed by atoms with Crippen molar-refractivity contribution in [3.63, 3.8) is 0 Å². The molecule has 0 radical (unpaired) electrons. The van der Waals surface area contributed by atoms with Crippen molar-refractivity contribution in [3.05, 3.63) is 28.8 Å². The quantitative estimate of drug-likeness (QED) is 0.649. The van der Waals surface area contributed by atoms with Gasteiger partial charge in [0.2, 0.25) is 5.82 Å². The van der Waals surface area contributed by atoms with Crippen molar-refractivity contribution in [3.8, 4) is 5.75 Å². The fraction of sp³-hybridized carbons (Fsp3) is 0.667. The molecule has 1 aliphatic carbocycles. The molecule has 1 aromatic carbocycles. The van der Waals surface area contributed by atoms with Crippen molar-refractivity contribution >= 4 is 0 Å². The molecule has 1 aromatic rings. The predicted octanol–water partition coefficient (Wildman–Crippen LogP) is 4.65. The molecule has 1 N–H and O–H groups in total. The second-order valence-corrected chi connectivity index (χ2v) is 7.09. The lowest BCUT2D eigenvalue weighted by atomic mass is 9.78. The minimum absolute atomic E-state index is 0.0180. The number of benzene rings is 1. The van der Waals surface area contributed by atoms with Crippen LogP contribution in [-0.2, 0) is 11.3 Å². The van der Waals surface area contributed by atoms with Gasteiger partial charge in [0.15, 0.2) is 11.6 Å². The van der Waals surface area contributed by atoms with Crippen molar-refractivity contribution in [1.29, 1.82) is 0 Å². The zero-order valence-corrected chi connectivity index (χ0v) is 13.6. The van der Waals surface area contributed by atoms with E-state index in [1.54, 1.807) is 13.0 Å². The summed E-state index contributed by atoms with van der Waals surface area (Å²) in [6.07, 6.45) is 4.41. The number of aryl methyl sites for hydroxylation is 2. The van der Waals surface area contributed by atoms with Gasteiger partial charge in [-0.1, -0.05) is 19.8 Å². The van der Waals surface area contributed by atoms with Gasteiger partial charge in [-0.2, -0.15) is 4.39 Å². The average molecular weight is 326 g/mol. The third-order valence-corrected chi connectivity index (χ3v) is 5.40. The van der Waals surface area contributed by atoms with Gasteiger partial charge >= 0.3 is 0 Å². The molecule has 0 bridgehead atoms. The van der Waals surface area contributed by atoms with E-state index in [2.05, 4.69) is 6.92 Å². The monoisotopic (exact) mass is 326 g/mol. The third kappa shape index (κ3) is 3.22. The molecule has 5 heteroatoms. The summed E-state index contributed by atoms with van der Waals surface area (Å²) in [6.45, 7) is 3.77. The Morgan fingerprint density at radius 3 is 2.52 bits per heavy atom. The molecule has 1 aliphatic heterocycles. The Morgan fingerprint density at radius 1 is 1.17 bits per heavy atom. The Hall–Kier alpha value is -1.20. The predicted molar refractivity (Wildman–Crippen MR) is 82.5 cm³/mol. The SMILES string of the molecule is Cc1cc2c(c(F)c1F)OC(C(OO)C1CCC(C)CC1)CC2. The molecule has 0 amide bonds. The summed E-state index contributed by atoms with van der Waals surface area (Å²) in [5, 5.41) is 9.36. The Morgan fingerprint density at radius 2 is 1.87 bits per heavy atom. The second kappa shape index (κ2) is 6.73. The normalized spacial score (nSPS) is 28.8. The number of halogens is 2. The van der Waals surface area contributed by atoms with Crippen LogP contribution in [0.5, 0.6) is 5.75 Å². The van der Waals surface area contributed by atoms with Crippen molar-refractivity contribution in [2.24, 2.45) is 11.8 Å². The Labute approximate surface area is 135 Å². The van der Waals surface area contributed by atoms with Gasteiger partial charge in [0.05, 0.1) is 0 Å². The van der Waals surface area contributed by atoms with Gasteiger partial charge in [0.25, 0.3) is 0 Å². The van der Waals surface area contributed by atoms with Gasteiger partial charge < -0.3 is 4.74 Å². The van der Waals surface area contributed by atoms with Gasteiger partial charge in [-0.15, -0.1) is 0 Å². The fourth-order valence-corrected chi connectivity index (χ4v) is 3.93. The van der Waals surface area contributed by atoms with Crippen LogP contribution in [-0.4, -0.2) is 17.5 Å². The van der Waals surface area contributed by atoms with Crippen LogP contribution in [0.2, 0.25) is 0 Å². The second-order valence-electron chi connectivity index (χ2n) is 7.09. The molecule has 0 aromatic heterocycles. The van der Waals surface area contributed by atoms with E-state index in [1.165, 1.54) is 0 Å². The summed E-state index contributed by atoms with van der Waals surface area (Å²) >= 11 is 0. The lowest BCUT2D eigenvalue weighted by Gasteiger charge is -2.37. The first-order valence-electron chi connectivity index (χ1n) is 8.45. The van der Waals surface area contributed by atoms with Gasteiger partial charge in [0, 0.05) is 0 Å². The van der Waals surface area contributed by atoms with E-state index in [-0.39, 0.29) is 11.7 Å². The van der Waals surface area contributed by atoms with E-state index < -0.39 is 23.8 Å². The van der Waals surface area contributed by atoms with Crippen molar-refractivity contribution < 1.29 is 23.7 Å². The number of rotatable bonds is 3. The van der Waals surface area contributed by atoms with Crippen LogP contribution in [0.25, 0.3) is 0 Å². The number of hydrogen-bond acceptors (Lipinski definition) is 3. The van der Waals surface area contributed by atoms with Crippen LogP contribution >= 0.6 is 0 Å². The maximum Gasteiger partial charge on any atom is 0.201 e. The fourth-order valence-electron chi connectivity index (χ4n) is 3.93. The molecular formula is C18H24F2O3. The molecule has 1 fully saturated rings. The van der Waals surface area contributed by atoms with E-state index in [0.29, 0.717) is 29.9 Å². The molecule has 2 atom stereocenters. The minimum atomic E-state index is -0.932. The van der Waals surface area contributed by atoms with Crippen molar-refractivity contribution in [2.45, 2.75) is 64.6 Å². The molecule has 2 unspecified atom stereocenters. The van der Waals surface area contributed by atoms with E-state index >= 15 is 0 Å². The smallest absolute Gasteiger partial charge is 0.201 e. The molecule has 3 nitrogen and oxygen atoms in total. The van der Waals surface area contributed by atoms with E-state index in [1.807, 2.05) is 0 Å². The van der Waals surface area contributed by atoms with Crippen LogP contribution in [0.3, 0.4) is 0 Å². The van der Waals surface area contributed by atoms with Gasteiger partial charge in [-0.3, -0.25) is 5.26 Å². The first-order valence-corrected chi connectivity index (χ1v) is 8.45. The number of hydrogen-bond donors (Lipinski definition) is 1. The lowest BCUT2D eigenvalue weighted by Crippen LogP contribution is -2.42. The molecular weight excluding hydrogens is 302 g/mol. The first kappa shape index (κ1) is 16.7. The first-order chi connectivity index (χ1) is 11.0. The van der Waals surface area contributed by atoms with Crippen molar-refractivity contribution in [2.75, 3.05) is 0 Å². The third-order valence-electron chi connectivity index (χ3n) is 5.40. The largest absolute Gasteiger partial charge is 0.484 e. The number of ether oxygens (including phenoxy) is 1. The standard InChI is InChI=1S/C18H24F2O3/c1-10-3-5-12(6-4-10)17(23-21)14-8-7-13-9-11(2)15(19)16(20)18(13)22-14/h9-10,12,14,17,21H,3-8H2,1-2H3. The minimum Gasteiger partial charge on any atom is -0.484 e. The average Bonchev–Trinajstić information content (AvgIpc) is 2.56. The molecule has 0 spiro atoms. The Bertz CT molecular complexity index is 568. The summed E-state index contributed by atoms with van der Waals surface area (Å²) in [6, 6.07) is 1.64. The summed E-state index contributed by atoms with van der Waals surface area (Å²) in [7, 11) is 0. The highest BCUT2D eigenvalue weighted by molar-refractivity contribution is 5.41. The van der Waals surface area contributed by atoms with Crippen molar-refractivity contribution in [1.82, 2.24) is 0 Å². The molecule has 1 heterocycles. The highest BCUT2D eigenvalue weighted by Crippen LogP contribution is 2.38. The topological polar surface area (TPSA) is 38.7 Å². The molecule has 2 aliphatic rings. The maximum absolute atomic E-state index is 14.2. The van der Waals surface area contributed by atoms with Crippen LogP contribution < -0.4 is 4.74 Å². The highest BCUT2D eigenvalue weighted by atomic mass is 19.2. The summed E-state index contributed by atoms with van der Waals surface area (Å²) in [5.41, 5.74) is 0.978. The van der Waals surface area contributed by atoms with Gasteiger partial charge in [0.1, 0.15) is 12.2 Å². The molecule has 0 saturated heterocycles. The number of fused-ring (bicyclic) bond motifs is 1. The Kier molecular flexibility index (Phi) is 4.87. The van der Waals surface area contributed by atoms with Gasteiger partial charge in [-0.05, 0) is 61.6 Å².